The lowest BCUT2D eigenvalue weighted by atomic mass is 9.90. The van der Waals surface area contributed by atoms with E-state index in [2.05, 4.69) is 48.6 Å². The number of hydrogen-bond acceptors (Lipinski definition) is 2. The molecule has 3 rings (SSSR count). The molecule has 2 nitrogen and oxygen atoms in total. The Morgan fingerprint density at radius 3 is 2.57 bits per heavy atom. The summed E-state index contributed by atoms with van der Waals surface area (Å²) in [7, 11) is 0. The molecule has 0 bridgehead atoms. The fraction of sp³-hybridized carbons (Fsp3) is 0.350. The van der Waals surface area contributed by atoms with E-state index in [4.69, 9.17) is 0 Å². The first-order valence-corrected chi connectivity index (χ1v) is 9.30. The van der Waals surface area contributed by atoms with Crippen LogP contribution in [0.15, 0.2) is 47.4 Å². The Hall–Kier alpha value is -1.74. The highest BCUT2D eigenvalue weighted by atomic mass is 32.2. The fourth-order valence-electron chi connectivity index (χ4n) is 2.94. The molecule has 0 heterocycles. The van der Waals surface area contributed by atoms with Crippen LogP contribution in [0.2, 0.25) is 0 Å². The van der Waals surface area contributed by atoms with Crippen molar-refractivity contribution in [3.05, 3.63) is 64.7 Å². The molecule has 2 aromatic carbocycles. The molecule has 0 fully saturated rings. The number of thioether (sulfide) groups is 1. The molecule has 0 aliphatic heterocycles. The molecule has 0 spiro atoms. The zero-order valence-corrected chi connectivity index (χ0v) is 14.4. The number of carbonyl (C=O) groups excluding carboxylic acids is 1. The zero-order chi connectivity index (χ0) is 16.1. The number of hydrogen-bond donors (Lipinski definition) is 1. The van der Waals surface area contributed by atoms with Crippen LogP contribution in [-0.4, -0.2) is 18.2 Å². The third-order valence-corrected chi connectivity index (χ3v) is 5.30. The summed E-state index contributed by atoms with van der Waals surface area (Å²) in [4.78, 5) is 13.5. The summed E-state index contributed by atoms with van der Waals surface area (Å²) >= 11 is 1.77. The van der Waals surface area contributed by atoms with Gasteiger partial charge in [-0.1, -0.05) is 23.8 Å². The van der Waals surface area contributed by atoms with Gasteiger partial charge in [-0.2, -0.15) is 0 Å². The highest BCUT2D eigenvalue weighted by Crippen LogP contribution is 2.22. The van der Waals surface area contributed by atoms with Crippen molar-refractivity contribution in [2.45, 2.75) is 37.5 Å². The van der Waals surface area contributed by atoms with Crippen LogP contribution >= 0.6 is 11.8 Å². The normalized spacial score (nSPS) is 13.4. The van der Waals surface area contributed by atoms with Gasteiger partial charge in [0, 0.05) is 22.8 Å². The predicted molar refractivity (Wildman–Crippen MR) is 97.3 cm³/mol. The van der Waals surface area contributed by atoms with E-state index >= 15 is 0 Å². The van der Waals surface area contributed by atoms with Crippen LogP contribution in [0, 0.1) is 6.92 Å². The third-order valence-electron chi connectivity index (χ3n) is 4.29. The lowest BCUT2D eigenvalue weighted by Crippen LogP contribution is -2.26. The van der Waals surface area contributed by atoms with Crippen LogP contribution in [0.5, 0.6) is 0 Å². The van der Waals surface area contributed by atoms with Gasteiger partial charge in [0.25, 0.3) is 5.91 Å². The van der Waals surface area contributed by atoms with E-state index in [9.17, 15) is 4.79 Å². The summed E-state index contributed by atoms with van der Waals surface area (Å²) in [5.41, 5.74) is 4.85. The van der Waals surface area contributed by atoms with Gasteiger partial charge in [-0.15, -0.1) is 11.8 Å². The van der Waals surface area contributed by atoms with Crippen molar-refractivity contribution in [1.29, 1.82) is 0 Å². The van der Waals surface area contributed by atoms with Crippen LogP contribution in [0.4, 0.5) is 0 Å². The monoisotopic (exact) mass is 325 g/mol. The number of amides is 1. The number of fused-ring (bicyclic) bond motifs is 1. The summed E-state index contributed by atoms with van der Waals surface area (Å²) < 4.78 is 0. The Bertz CT molecular complexity index is 679. The summed E-state index contributed by atoms with van der Waals surface area (Å²) in [6.07, 6.45) is 4.78. The molecule has 23 heavy (non-hydrogen) atoms. The van der Waals surface area contributed by atoms with E-state index in [1.165, 1.54) is 34.4 Å². The molecule has 0 unspecified atom stereocenters. The SMILES string of the molecule is Cc1ccc(SCCNC(=O)c2ccc3c(c2)CCCC3)cc1. The van der Waals surface area contributed by atoms with Crippen LogP contribution in [0.25, 0.3) is 0 Å². The molecule has 1 aliphatic carbocycles. The highest BCUT2D eigenvalue weighted by molar-refractivity contribution is 7.99. The molecule has 1 N–H and O–H groups in total. The Labute approximate surface area is 142 Å². The van der Waals surface area contributed by atoms with E-state index in [0.717, 1.165) is 24.2 Å². The Morgan fingerprint density at radius 2 is 1.78 bits per heavy atom. The largest absolute Gasteiger partial charge is 0.351 e. The Morgan fingerprint density at radius 1 is 1.04 bits per heavy atom. The Balaban J connectivity index is 1.48. The van der Waals surface area contributed by atoms with Gasteiger partial charge in [-0.05, 0) is 68.0 Å². The van der Waals surface area contributed by atoms with Crippen molar-refractivity contribution >= 4 is 17.7 Å². The van der Waals surface area contributed by atoms with Gasteiger partial charge in [0.2, 0.25) is 0 Å². The van der Waals surface area contributed by atoms with Gasteiger partial charge in [-0.3, -0.25) is 4.79 Å². The fourth-order valence-corrected chi connectivity index (χ4v) is 3.71. The van der Waals surface area contributed by atoms with E-state index in [-0.39, 0.29) is 5.91 Å². The lowest BCUT2D eigenvalue weighted by molar-refractivity contribution is 0.0956. The molecule has 0 aromatic heterocycles. The maximum atomic E-state index is 12.3. The topological polar surface area (TPSA) is 29.1 Å². The van der Waals surface area contributed by atoms with E-state index in [1.54, 1.807) is 11.8 Å². The third kappa shape index (κ3) is 4.38. The van der Waals surface area contributed by atoms with E-state index in [0.29, 0.717) is 6.54 Å². The van der Waals surface area contributed by atoms with Gasteiger partial charge in [0.1, 0.15) is 0 Å². The van der Waals surface area contributed by atoms with Gasteiger partial charge in [0.05, 0.1) is 0 Å². The van der Waals surface area contributed by atoms with Gasteiger partial charge >= 0.3 is 0 Å². The number of nitrogens with one attached hydrogen (secondary N) is 1. The average molecular weight is 325 g/mol. The minimum Gasteiger partial charge on any atom is -0.351 e. The summed E-state index contributed by atoms with van der Waals surface area (Å²) in [5, 5.41) is 3.03. The van der Waals surface area contributed by atoms with Crippen LogP contribution in [-0.2, 0) is 12.8 Å². The van der Waals surface area contributed by atoms with Crippen LogP contribution in [0.1, 0.15) is 39.9 Å². The average Bonchev–Trinajstić information content (AvgIpc) is 2.59. The van der Waals surface area contributed by atoms with Crippen molar-refractivity contribution < 1.29 is 4.79 Å². The molecule has 0 atom stereocenters. The second kappa shape index (κ2) is 7.69. The first-order chi connectivity index (χ1) is 11.2. The lowest BCUT2D eigenvalue weighted by Gasteiger charge is -2.16. The molecule has 2 aromatic rings. The van der Waals surface area contributed by atoms with Crippen molar-refractivity contribution in [2.75, 3.05) is 12.3 Å². The van der Waals surface area contributed by atoms with Crippen molar-refractivity contribution in [3.63, 3.8) is 0 Å². The summed E-state index contributed by atoms with van der Waals surface area (Å²) in [6.45, 7) is 2.78. The molecule has 0 saturated heterocycles. The predicted octanol–water partition coefficient (Wildman–Crippen LogP) is 4.40. The van der Waals surface area contributed by atoms with Crippen LogP contribution in [0.3, 0.4) is 0 Å². The molecule has 1 amide bonds. The van der Waals surface area contributed by atoms with Crippen molar-refractivity contribution in [1.82, 2.24) is 5.32 Å². The summed E-state index contributed by atoms with van der Waals surface area (Å²) in [6, 6.07) is 14.7. The van der Waals surface area contributed by atoms with Gasteiger partial charge in [-0.25, -0.2) is 0 Å². The van der Waals surface area contributed by atoms with Crippen molar-refractivity contribution in [3.8, 4) is 0 Å². The number of rotatable bonds is 5. The first-order valence-electron chi connectivity index (χ1n) is 8.32. The molecular weight excluding hydrogens is 302 g/mol. The summed E-state index contributed by atoms with van der Waals surface area (Å²) in [5.74, 6) is 0.933. The number of benzene rings is 2. The minimum absolute atomic E-state index is 0.0443. The molecule has 1 aliphatic rings. The van der Waals surface area contributed by atoms with E-state index in [1.807, 2.05) is 6.07 Å². The minimum atomic E-state index is 0.0443. The van der Waals surface area contributed by atoms with Gasteiger partial charge in [0.15, 0.2) is 0 Å². The molecule has 0 radical (unpaired) electrons. The smallest absolute Gasteiger partial charge is 0.251 e. The second-order valence-corrected chi connectivity index (χ2v) is 7.28. The molecule has 3 heteroatoms. The standard InChI is InChI=1S/C20H23NOS/c1-15-6-10-19(11-7-15)23-13-12-21-20(22)18-9-8-16-4-2-3-5-17(16)14-18/h6-11,14H,2-5,12-13H2,1H3,(H,21,22). The second-order valence-electron chi connectivity index (χ2n) is 6.11. The quantitative estimate of drug-likeness (QED) is 0.652. The van der Waals surface area contributed by atoms with Crippen molar-refractivity contribution in [2.24, 2.45) is 0 Å². The highest BCUT2D eigenvalue weighted by Gasteiger charge is 2.12. The first kappa shape index (κ1) is 16.1. The Kier molecular flexibility index (Phi) is 5.39. The maximum absolute atomic E-state index is 12.3. The molecule has 120 valence electrons. The molecule has 0 saturated carbocycles. The zero-order valence-electron chi connectivity index (χ0n) is 13.6. The van der Waals surface area contributed by atoms with E-state index < -0.39 is 0 Å². The molecular formula is C20H23NOS. The van der Waals surface area contributed by atoms with Gasteiger partial charge < -0.3 is 5.32 Å². The number of aryl methyl sites for hydroxylation is 3. The van der Waals surface area contributed by atoms with Crippen LogP contribution < -0.4 is 5.32 Å². The maximum Gasteiger partial charge on any atom is 0.251 e. The number of carbonyl (C=O) groups is 1.